The van der Waals surface area contributed by atoms with Crippen LogP contribution in [0.2, 0.25) is 5.02 Å². The summed E-state index contributed by atoms with van der Waals surface area (Å²) in [4.78, 5) is 44.0. The van der Waals surface area contributed by atoms with Gasteiger partial charge in [0, 0.05) is 45.4 Å². The number of benzene rings is 1. The van der Waals surface area contributed by atoms with Crippen molar-refractivity contribution in [2.45, 2.75) is 32.4 Å². The number of ketones is 1. The molecule has 9 nitrogen and oxygen atoms in total. The summed E-state index contributed by atoms with van der Waals surface area (Å²) in [6.45, 7) is 0.244. The van der Waals surface area contributed by atoms with Crippen LogP contribution in [0.1, 0.15) is 17.7 Å². The second-order valence-electron chi connectivity index (χ2n) is 10.6. The fourth-order valence-electron chi connectivity index (χ4n) is 5.79. The summed E-state index contributed by atoms with van der Waals surface area (Å²) in [5.74, 6) is -1.93. The molecule has 42 heavy (non-hydrogen) atoms. The highest BCUT2D eigenvalue weighted by Crippen LogP contribution is 2.41. The first-order valence-corrected chi connectivity index (χ1v) is 14.6. The van der Waals surface area contributed by atoms with Crippen LogP contribution in [0, 0.1) is 16.7 Å². The number of hydrogen-bond donors (Lipinski definition) is 1. The lowest BCUT2D eigenvalue weighted by atomic mass is 9.80. The number of carbonyl (C=O) groups is 3. The van der Waals surface area contributed by atoms with E-state index >= 15 is 0 Å². The molecule has 0 bridgehead atoms. The third kappa shape index (κ3) is 5.12. The number of carbonyl (C=O) groups excluding carboxylic acids is 3. The van der Waals surface area contributed by atoms with E-state index < -0.39 is 42.7 Å². The molecule has 2 aliphatic rings. The number of halogens is 3. The standard InChI is InChI=1S/C29H25ClF2N6O3S/c30-18-9-17-2-8-36(16-29(15-33)3-6-34-7-4-29)25(17)21(10-18)20-1-5-35-22-11-19(42-26(20)22)12-38-27(40)23(39)13-37(28(38)41)14-24(31)32/h1-2,5,8-11,24,34H,3-4,6-7,12-14,16H2. The van der Waals surface area contributed by atoms with Crippen LogP contribution in [-0.2, 0) is 22.7 Å². The van der Waals surface area contributed by atoms with Crippen LogP contribution in [0.3, 0.4) is 0 Å². The van der Waals surface area contributed by atoms with Crippen molar-refractivity contribution in [3.05, 3.63) is 52.6 Å². The van der Waals surface area contributed by atoms with Crippen LogP contribution in [0.4, 0.5) is 13.6 Å². The molecule has 0 spiro atoms. The Labute approximate surface area is 248 Å². The third-order valence-electron chi connectivity index (χ3n) is 7.84. The highest BCUT2D eigenvalue weighted by molar-refractivity contribution is 7.19. The van der Waals surface area contributed by atoms with Crippen LogP contribution in [0.15, 0.2) is 42.7 Å². The molecule has 0 aliphatic carbocycles. The summed E-state index contributed by atoms with van der Waals surface area (Å²) in [6.07, 6.45) is 2.28. The molecule has 2 aliphatic heterocycles. The van der Waals surface area contributed by atoms with E-state index in [9.17, 15) is 28.4 Å². The third-order valence-corrected chi connectivity index (χ3v) is 9.20. The number of hydrogen-bond acceptors (Lipinski definition) is 7. The number of aromatic nitrogens is 2. The first-order chi connectivity index (χ1) is 20.2. The fraction of sp³-hybridized carbons (Fsp3) is 0.345. The zero-order valence-electron chi connectivity index (χ0n) is 22.3. The molecule has 4 aromatic rings. The molecule has 1 aromatic carbocycles. The van der Waals surface area contributed by atoms with Crippen molar-refractivity contribution in [2.75, 3.05) is 26.2 Å². The highest BCUT2D eigenvalue weighted by Gasteiger charge is 2.39. The number of amides is 3. The van der Waals surface area contributed by atoms with E-state index in [0.29, 0.717) is 31.8 Å². The van der Waals surface area contributed by atoms with E-state index in [1.165, 1.54) is 11.3 Å². The van der Waals surface area contributed by atoms with E-state index in [1.807, 2.05) is 30.5 Å². The quantitative estimate of drug-likeness (QED) is 0.293. The highest BCUT2D eigenvalue weighted by atomic mass is 35.5. The predicted molar refractivity (Wildman–Crippen MR) is 154 cm³/mol. The van der Waals surface area contributed by atoms with Crippen molar-refractivity contribution in [3.8, 4) is 17.2 Å². The summed E-state index contributed by atoms with van der Waals surface area (Å²) in [7, 11) is 0. The SMILES string of the molecule is N#CC1(Cn2ccc3cc(Cl)cc(-c4ccnc5cc(CN6C(=O)C(=O)CN(CC(F)F)C6=O)sc45)c32)CCNCC1. The number of alkyl halides is 2. The molecule has 0 saturated carbocycles. The Hall–Kier alpha value is -3.92. The lowest BCUT2D eigenvalue weighted by Crippen LogP contribution is -2.57. The van der Waals surface area contributed by atoms with E-state index in [2.05, 4.69) is 20.9 Å². The largest absolute Gasteiger partial charge is 0.345 e. The maximum atomic E-state index is 13.0. The minimum Gasteiger partial charge on any atom is -0.345 e. The Bertz CT molecular complexity index is 1770. The van der Waals surface area contributed by atoms with Crippen LogP contribution >= 0.6 is 22.9 Å². The summed E-state index contributed by atoms with van der Waals surface area (Å²) in [5.41, 5.74) is 2.70. The Morgan fingerprint density at radius 1 is 1.14 bits per heavy atom. The van der Waals surface area contributed by atoms with Crippen molar-refractivity contribution in [2.24, 2.45) is 5.41 Å². The average Bonchev–Trinajstić information content (AvgIpc) is 3.57. The molecule has 0 atom stereocenters. The molecule has 3 amide bonds. The van der Waals surface area contributed by atoms with Gasteiger partial charge in [-0.05, 0) is 56.3 Å². The van der Waals surface area contributed by atoms with E-state index in [-0.39, 0.29) is 6.54 Å². The number of urea groups is 1. The molecule has 13 heteroatoms. The lowest BCUT2D eigenvalue weighted by Gasteiger charge is -2.32. The van der Waals surface area contributed by atoms with Crippen LogP contribution in [0.25, 0.3) is 32.2 Å². The number of nitrogens with zero attached hydrogens (tertiary/aromatic N) is 5. The van der Waals surface area contributed by atoms with E-state index in [0.717, 1.165) is 52.7 Å². The molecule has 6 rings (SSSR count). The van der Waals surface area contributed by atoms with Gasteiger partial charge >= 0.3 is 6.03 Å². The van der Waals surface area contributed by atoms with Gasteiger partial charge in [-0.1, -0.05) is 11.6 Å². The number of rotatable bonds is 7. The average molecular weight is 611 g/mol. The lowest BCUT2D eigenvalue weighted by molar-refractivity contribution is -0.146. The van der Waals surface area contributed by atoms with Gasteiger partial charge in [-0.15, -0.1) is 11.3 Å². The monoisotopic (exact) mass is 610 g/mol. The molecule has 1 N–H and O–H groups in total. The van der Waals surface area contributed by atoms with Crippen LogP contribution < -0.4 is 5.32 Å². The number of nitriles is 1. The molecule has 2 saturated heterocycles. The van der Waals surface area contributed by atoms with Crippen LogP contribution in [-0.4, -0.2) is 69.7 Å². The minimum atomic E-state index is -2.83. The first-order valence-electron chi connectivity index (χ1n) is 13.4. The van der Waals surface area contributed by atoms with Gasteiger partial charge in [0.05, 0.1) is 46.9 Å². The number of imide groups is 1. The second-order valence-corrected chi connectivity index (χ2v) is 12.2. The zero-order chi connectivity index (χ0) is 29.6. The van der Waals surface area contributed by atoms with Crippen molar-refractivity contribution in [3.63, 3.8) is 0 Å². The van der Waals surface area contributed by atoms with Gasteiger partial charge in [-0.2, -0.15) is 5.26 Å². The predicted octanol–water partition coefficient (Wildman–Crippen LogP) is 5.06. The summed E-state index contributed by atoms with van der Waals surface area (Å²) >= 11 is 7.85. The minimum absolute atomic E-state index is 0.246. The van der Waals surface area contributed by atoms with Gasteiger partial charge in [-0.25, -0.2) is 13.6 Å². The normalized spacial score (nSPS) is 17.5. The number of piperidine rings is 1. The molecular formula is C29H25ClF2N6O3S. The number of fused-ring (bicyclic) bond motifs is 2. The van der Waals surface area contributed by atoms with Crippen LogP contribution in [0.5, 0.6) is 0 Å². The molecule has 0 radical (unpaired) electrons. The van der Waals surface area contributed by atoms with Crippen molar-refractivity contribution < 1.29 is 23.2 Å². The van der Waals surface area contributed by atoms with Crippen molar-refractivity contribution >= 4 is 61.8 Å². The Balaban J connectivity index is 1.39. The molecule has 5 heterocycles. The number of Topliss-reactive ketones (excluding diaryl/α,β-unsaturated/α-hetero) is 1. The van der Waals surface area contributed by atoms with E-state index in [1.54, 1.807) is 12.3 Å². The number of pyridine rings is 1. The van der Waals surface area contributed by atoms with Crippen molar-refractivity contribution in [1.29, 1.82) is 5.26 Å². The van der Waals surface area contributed by atoms with Gasteiger partial charge in [0.2, 0.25) is 5.78 Å². The number of thiophene rings is 1. The molecule has 2 fully saturated rings. The number of nitrogens with one attached hydrogen (secondary N) is 1. The van der Waals surface area contributed by atoms with Gasteiger partial charge in [-0.3, -0.25) is 19.5 Å². The smallest absolute Gasteiger partial charge is 0.328 e. The Morgan fingerprint density at radius 3 is 2.67 bits per heavy atom. The molecule has 3 aromatic heterocycles. The second kappa shape index (κ2) is 11.1. The molecule has 216 valence electrons. The summed E-state index contributed by atoms with van der Waals surface area (Å²) < 4.78 is 28.9. The van der Waals surface area contributed by atoms with Gasteiger partial charge in [0.1, 0.15) is 0 Å². The molecule has 0 unspecified atom stereocenters. The summed E-state index contributed by atoms with van der Waals surface area (Å²) in [5, 5.41) is 14.9. The fourth-order valence-corrected chi connectivity index (χ4v) is 7.14. The Kier molecular flexibility index (Phi) is 7.43. The topological polar surface area (TPSA) is 111 Å². The maximum Gasteiger partial charge on any atom is 0.328 e. The maximum absolute atomic E-state index is 13.0. The first kappa shape index (κ1) is 28.2. The molecular weight excluding hydrogens is 586 g/mol. The van der Waals surface area contributed by atoms with Gasteiger partial charge in [0.25, 0.3) is 12.3 Å². The van der Waals surface area contributed by atoms with Crippen molar-refractivity contribution in [1.82, 2.24) is 24.7 Å². The zero-order valence-corrected chi connectivity index (χ0v) is 23.9. The summed E-state index contributed by atoms with van der Waals surface area (Å²) in [6, 6.07) is 10.9. The Morgan fingerprint density at radius 2 is 1.93 bits per heavy atom. The van der Waals surface area contributed by atoms with E-state index in [4.69, 9.17) is 11.6 Å². The van der Waals surface area contributed by atoms with Gasteiger partial charge in [0.15, 0.2) is 0 Å². The van der Waals surface area contributed by atoms with Gasteiger partial charge < -0.3 is 14.8 Å².